The number of benzene rings is 3. The average molecular weight is 510 g/mol. The largest absolute Gasteiger partial charge is 0.493 e. The van der Waals surface area contributed by atoms with E-state index in [2.05, 4.69) is 16.3 Å². The Morgan fingerprint density at radius 2 is 1.71 bits per heavy atom. The van der Waals surface area contributed by atoms with Crippen LogP contribution in [0.2, 0.25) is 0 Å². The number of nitrogens with zero attached hydrogens (tertiary/aromatic N) is 2. The van der Waals surface area contributed by atoms with Crippen molar-refractivity contribution in [2.24, 2.45) is 4.99 Å². The molecule has 1 aromatic heterocycles. The van der Waals surface area contributed by atoms with Crippen molar-refractivity contribution in [3.05, 3.63) is 82.4 Å². The SMILES string of the molecule is COc1ccc(NC(=O)c2cc3cc4c5c(c3oc2=Nc2ccc(C)cc2)CCCN5CCC4)cc1OC. The quantitative estimate of drug-likeness (QED) is 0.360. The minimum atomic E-state index is -0.304. The first-order chi connectivity index (χ1) is 18.5. The summed E-state index contributed by atoms with van der Waals surface area (Å²) in [6.45, 7) is 4.20. The molecule has 0 aliphatic carbocycles. The smallest absolute Gasteiger partial charge is 0.261 e. The van der Waals surface area contributed by atoms with Crippen LogP contribution in [0.4, 0.5) is 17.1 Å². The molecule has 0 unspecified atom stereocenters. The summed E-state index contributed by atoms with van der Waals surface area (Å²) in [5.74, 6) is 0.823. The van der Waals surface area contributed by atoms with Crippen molar-refractivity contribution in [1.82, 2.24) is 0 Å². The van der Waals surface area contributed by atoms with Crippen molar-refractivity contribution < 1.29 is 18.7 Å². The third-order valence-corrected chi connectivity index (χ3v) is 7.38. The van der Waals surface area contributed by atoms with Gasteiger partial charge in [0.1, 0.15) is 11.1 Å². The van der Waals surface area contributed by atoms with Gasteiger partial charge in [0.2, 0.25) is 5.55 Å². The van der Waals surface area contributed by atoms with Crippen molar-refractivity contribution in [1.29, 1.82) is 0 Å². The van der Waals surface area contributed by atoms with Crippen LogP contribution in [0.15, 0.2) is 64.0 Å². The standard InChI is InChI=1S/C31H31N3O4/c1-19-8-10-22(11-9-19)33-31-25(30(35)32-23-12-13-26(36-2)27(18-23)37-3)17-21-16-20-6-4-14-34-15-5-7-24(28(20)34)29(21)38-31/h8-13,16-18H,4-7,14-15H2,1-3H3,(H,32,35). The van der Waals surface area contributed by atoms with Crippen LogP contribution >= 0.6 is 0 Å². The van der Waals surface area contributed by atoms with E-state index in [1.54, 1.807) is 32.4 Å². The summed E-state index contributed by atoms with van der Waals surface area (Å²) in [7, 11) is 3.15. The molecule has 2 aliphatic rings. The Bertz CT molecular complexity index is 1600. The summed E-state index contributed by atoms with van der Waals surface area (Å²) >= 11 is 0. The average Bonchev–Trinajstić information content (AvgIpc) is 2.94. The lowest BCUT2D eigenvalue weighted by molar-refractivity contribution is 0.102. The van der Waals surface area contributed by atoms with Gasteiger partial charge in [-0.1, -0.05) is 17.7 Å². The first kappa shape index (κ1) is 24.1. The predicted molar refractivity (Wildman–Crippen MR) is 149 cm³/mol. The molecule has 3 heterocycles. The zero-order valence-corrected chi connectivity index (χ0v) is 22.0. The summed E-state index contributed by atoms with van der Waals surface area (Å²) < 4.78 is 17.3. The lowest BCUT2D eigenvalue weighted by Crippen LogP contribution is -2.34. The number of ether oxygens (including phenoxy) is 2. The number of fused-ring (bicyclic) bond motifs is 2. The van der Waals surface area contributed by atoms with Crippen molar-refractivity contribution in [3.8, 4) is 11.5 Å². The van der Waals surface area contributed by atoms with Gasteiger partial charge in [0.25, 0.3) is 5.91 Å². The van der Waals surface area contributed by atoms with E-state index in [1.165, 1.54) is 16.8 Å². The van der Waals surface area contributed by atoms with Crippen LogP contribution < -0.4 is 25.2 Å². The highest BCUT2D eigenvalue weighted by molar-refractivity contribution is 6.06. The van der Waals surface area contributed by atoms with Gasteiger partial charge >= 0.3 is 0 Å². The zero-order valence-electron chi connectivity index (χ0n) is 22.0. The van der Waals surface area contributed by atoms with E-state index in [1.807, 2.05) is 37.3 Å². The Morgan fingerprint density at radius 1 is 0.947 bits per heavy atom. The van der Waals surface area contributed by atoms with Gasteiger partial charge in [0.05, 0.1) is 19.9 Å². The summed E-state index contributed by atoms with van der Waals surface area (Å²) in [5.41, 5.74) is 7.84. The van der Waals surface area contributed by atoms with E-state index in [4.69, 9.17) is 18.9 Å². The fourth-order valence-corrected chi connectivity index (χ4v) is 5.55. The number of hydrogen-bond acceptors (Lipinski definition) is 6. The highest BCUT2D eigenvalue weighted by atomic mass is 16.5. The van der Waals surface area contributed by atoms with Crippen molar-refractivity contribution >= 4 is 33.9 Å². The van der Waals surface area contributed by atoms with Gasteiger partial charge in [-0.05, 0) is 74.6 Å². The van der Waals surface area contributed by atoms with Crippen LogP contribution in [0.5, 0.6) is 11.5 Å². The molecule has 2 aliphatic heterocycles. The molecular weight excluding hydrogens is 478 g/mol. The Morgan fingerprint density at radius 3 is 2.47 bits per heavy atom. The minimum absolute atomic E-state index is 0.295. The van der Waals surface area contributed by atoms with Crippen LogP contribution in [0.3, 0.4) is 0 Å². The van der Waals surface area contributed by atoms with E-state index < -0.39 is 0 Å². The summed E-state index contributed by atoms with van der Waals surface area (Å²) in [5, 5.41) is 3.92. The molecule has 194 valence electrons. The summed E-state index contributed by atoms with van der Waals surface area (Å²) in [6.07, 6.45) is 4.23. The first-order valence-electron chi connectivity index (χ1n) is 13.1. The zero-order chi connectivity index (χ0) is 26.2. The Kier molecular flexibility index (Phi) is 6.27. The maximum absolute atomic E-state index is 13.7. The second-order valence-corrected chi connectivity index (χ2v) is 9.91. The van der Waals surface area contributed by atoms with Gasteiger partial charge in [-0.15, -0.1) is 0 Å². The van der Waals surface area contributed by atoms with E-state index >= 15 is 0 Å². The Labute approximate surface area is 221 Å². The summed E-state index contributed by atoms with van der Waals surface area (Å²) in [4.78, 5) is 21.0. The van der Waals surface area contributed by atoms with Crippen molar-refractivity contribution in [2.45, 2.75) is 32.6 Å². The third kappa shape index (κ3) is 4.38. The molecule has 0 bridgehead atoms. The molecule has 6 rings (SSSR count). The normalized spacial score (nSPS) is 14.8. The molecule has 0 saturated carbocycles. The molecular formula is C31H31N3O4. The van der Waals surface area contributed by atoms with Crippen molar-refractivity contribution in [3.63, 3.8) is 0 Å². The molecule has 4 aromatic rings. The maximum Gasteiger partial charge on any atom is 0.261 e. The highest BCUT2D eigenvalue weighted by Gasteiger charge is 2.27. The number of anilines is 2. The molecule has 1 N–H and O–H groups in total. The number of aryl methyl sites for hydroxylation is 3. The van der Waals surface area contributed by atoms with Crippen LogP contribution in [0.1, 0.15) is 39.9 Å². The molecule has 38 heavy (non-hydrogen) atoms. The number of rotatable bonds is 5. The number of carbonyl (C=O) groups excluding carboxylic acids is 1. The second kappa shape index (κ2) is 9.89. The number of carbonyl (C=O) groups is 1. The van der Waals surface area contributed by atoms with Gasteiger partial charge in [0, 0.05) is 41.5 Å². The van der Waals surface area contributed by atoms with Crippen LogP contribution in [0, 0.1) is 6.92 Å². The predicted octanol–water partition coefficient (Wildman–Crippen LogP) is 5.94. The number of hydrogen-bond donors (Lipinski definition) is 1. The third-order valence-electron chi connectivity index (χ3n) is 7.38. The summed E-state index contributed by atoms with van der Waals surface area (Å²) in [6, 6.07) is 17.3. The van der Waals surface area contributed by atoms with E-state index in [9.17, 15) is 4.79 Å². The fourth-order valence-electron chi connectivity index (χ4n) is 5.55. The number of methoxy groups -OCH3 is 2. The Hall–Kier alpha value is -4.26. The number of nitrogens with one attached hydrogen (secondary N) is 1. The highest BCUT2D eigenvalue weighted by Crippen LogP contribution is 2.40. The van der Waals surface area contributed by atoms with E-state index in [0.29, 0.717) is 28.3 Å². The van der Waals surface area contributed by atoms with Crippen LogP contribution in [-0.2, 0) is 12.8 Å². The molecule has 7 heteroatoms. The lowest BCUT2D eigenvalue weighted by atomic mass is 9.90. The lowest BCUT2D eigenvalue weighted by Gasteiger charge is -2.37. The molecule has 3 aromatic carbocycles. The number of amides is 1. The minimum Gasteiger partial charge on any atom is -0.493 e. The van der Waals surface area contributed by atoms with Gasteiger partial charge < -0.3 is 24.1 Å². The first-order valence-corrected chi connectivity index (χ1v) is 13.1. The molecule has 0 atom stereocenters. The Balaban J connectivity index is 1.51. The van der Waals surface area contributed by atoms with Crippen LogP contribution in [0.25, 0.3) is 11.0 Å². The molecule has 0 radical (unpaired) electrons. The monoisotopic (exact) mass is 509 g/mol. The topological polar surface area (TPSA) is 76.3 Å². The molecule has 0 saturated heterocycles. The van der Waals surface area contributed by atoms with E-state index in [0.717, 1.165) is 61.0 Å². The second-order valence-electron chi connectivity index (χ2n) is 9.91. The van der Waals surface area contributed by atoms with Gasteiger partial charge in [-0.25, -0.2) is 4.99 Å². The molecule has 1 amide bonds. The van der Waals surface area contributed by atoms with E-state index in [-0.39, 0.29) is 5.91 Å². The van der Waals surface area contributed by atoms with Gasteiger partial charge in [-0.2, -0.15) is 0 Å². The molecule has 0 fully saturated rings. The maximum atomic E-state index is 13.7. The van der Waals surface area contributed by atoms with Crippen LogP contribution in [-0.4, -0.2) is 33.2 Å². The van der Waals surface area contributed by atoms with Gasteiger partial charge in [0.15, 0.2) is 11.5 Å². The fraction of sp³-hybridized carbons (Fsp3) is 0.290. The van der Waals surface area contributed by atoms with Crippen molar-refractivity contribution in [2.75, 3.05) is 37.5 Å². The molecule has 0 spiro atoms. The van der Waals surface area contributed by atoms with Gasteiger partial charge in [-0.3, -0.25) is 4.79 Å². The molecule has 7 nitrogen and oxygen atoms in total.